The SMILES string of the molecule is CCOc1ccc(C2c3c(oc4cc(C)c(C)cc4c3=O)C(=O)N2c2ccc(CC)cc2)cc1. The summed E-state index contributed by atoms with van der Waals surface area (Å²) in [7, 11) is 0. The van der Waals surface area contributed by atoms with Crippen LogP contribution in [0.2, 0.25) is 0 Å². The normalized spacial score (nSPS) is 15.1. The van der Waals surface area contributed by atoms with Gasteiger partial charge in [0, 0.05) is 5.69 Å². The van der Waals surface area contributed by atoms with Gasteiger partial charge >= 0.3 is 0 Å². The Kier molecular flexibility index (Phi) is 5.48. The van der Waals surface area contributed by atoms with Crippen molar-refractivity contribution in [1.29, 1.82) is 0 Å². The van der Waals surface area contributed by atoms with E-state index in [1.807, 2.05) is 81.4 Å². The Labute approximate surface area is 198 Å². The minimum absolute atomic E-state index is 0.110. The number of carbonyl (C=O) groups is 1. The van der Waals surface area contributed by atoms with Crippen molar-refractivity contribution < 1.29 is 13.9 Å². The smallest absolute Gasteiger partial charge is 0.295 e. The molecule has 0 spiro atoms. The molecule has 1 unspecified atom stereocenters. The first-order valence-electron chi connectivity index (χ1n) is 11.7. The van der Waals surface area contributed by atoms with Crippen molar-refractivity contribution in [2.45, 2.75) is 40.2 Å². The lowest BCUT2D eigenvalue weighted by molar-refractivity contribution is 0.0971. The predicted octanol–water partition coefficient (Wildman–Crippen LogP) is 6.12. The largest absolute Gasteiger partial charge is 0.494 e. The predicted molar refractivity (Wildman–Crippen MR) is 134 cm³/mol. The number of ether oxygens (including phenoxy) is 1. The molecule has 172 valence electrons. The van der Waals surface area contributed by atoms with Gasteiger partial charge in [0.25, 0.3) is 5.91 Å². The molecule has 3 aromatic carbocycles. The molecule has 0 fully saturated rings. The molecule has 1 aliphatic rings. The van der Waals surface area contributed by atoms with Crippen LogP contribution in [-0.2, 0) is 6.42 Å². The van der Waals surface area contributed by atoms with Crippen LogP contribution in [0.3, 0.4) is 0 Å². The number of hydrogen-bond acceptors (Lipinski definition) is 4. The van der Waals surface area contributed by atoms with E-state index in [0.717, 1.165) is 34.5 Å². The van der Waals surface area contributed by atoms with E-state index >= 15 is 0 Å². The number of hydrogen-bond donors (Lipinski definition) is 0. The van der Waals surface area contributed by atoms with Crippen LogP contribution in [0.4, 0.5) is 5.69 Å². The highest BCUT2D eigenvalue weighted by Crippen LogP contribution is 2.41. The summed E-state index contributed by atoms with van der Waals surface area (Å²) in [4.78, 5) is 29.2. The van der Waals surface area contributed by atoms with E-state index in [2.05, 4.69) is 6.92 Å². The van der Waals surface area contributed by atoms with Gasteiger partial charge in [-0.1, -0.05) is 31.2 Å². The second-order valence-corrected chi connectivity index (χ2v) is 8.71. The summed E-state index contributed by atoms with van der Waals surface area (Å²) < 4.78 is 11.7. The summed E-state index contributed by atoms with van der Waals surface area (Å²) in [6.07, 6.45) is 0.904. The first kappa shape index (κ1) is 22.0. The standard InChI is InChI=1S/C29H27NO4/c1-5-19-7-11-21(12-8-19)30-26(20-9-13-22(14-10-20)33-6-2)25-27(31)23-15-17(3)18(4)16-24(23)34-28(25)29(30)32/h7-16,26H,5-6H2,1-4H3. The fraction of sp³-hybridized carbons (Fsp3) is 0.241. The average molecular weight is 454 g/mol. The Morgan fingerprint density at radius 1 is 0.912 bits per heavy atom. The maximum atomic E-state index is 13.8. The molecule has 0 saturated heterocycles. The molecule has 5 nitrogen and oxygen atoms in total. The highest BCUT2D eigenvalue weighted by Gasteiger charge is 2.43. The number of carbonyl (C=O) groups excluding carboxylic acids is 1. The third kappa shape index (κ3) is 3.48. The molecular weight excluding hydrogens is 426 g/mol. The van der Waals surface area contributed by atoms with Crippen LogP contribution in [0.25, 0.3) is 11.0 Å². The van der Waals surface area contributed by atoms with E-state index in [1.54, 1.807) is 4.90 Å². The van der Waals surface area contributed by atoms with Gasteiger partial charge in [0.05, 0.1) is 23.6 Å². The molecule has 4 aromatic rings. The van der Waals surface area contributed by atoms with Crippen LogP contribution in [0, 0.1) is 13.8 Å². The molecule has 1 atom stereocenters. The molecule has 0 N–H and O–H groups in total. The van der Waals surface area contributed by atoms with Gasteiger partial charge in [-0.3, -0.25) is 14.5 Å². The summed E-state index contributed by atoms with van der Waals surface area (Å²) in [6, 6.07) is 18.6. The van der Waals surface area contributed by atoms with Gasteiger partial charge in [-0.25, -0.2) is 0 Å². The summed E-state index contributed by atoms with van der Waals surface area (Å²) in [6.45, 7) is 8.52. The average Bonchev–Trinajstić information content (AvgIpc) is 3.14. The molecule has 0 aliphatic carbocycles. The van der Waals surface area contributed by atoms with Crippen molar-refractivity contribution in [3.05, 3.63) is 104 Å². The second kappa shape index (κ2) is 8.49. The molecule has 5 heteroatoms. The maximum Gasteiger partial charge on any atom is 0.295 e. The van der Waals surface area contributed by atoms with Crippen LogP contribution < -0.4 is 15.1 Å². The van der Waals surface area contributed by atoms with Gasteiger partial charge in [0.15, 0.2) is 5.43 Å². The number of nitrogens with zero attached hydrogens (tertiary/aromatic N) is 1. The van der Waals surface area contributed by atoms with Crippen LogP contribution in [0.5, 0.6) is 5.75 Å². The molecular formula is C29H27NO4. The van der Waals surface area contributed by atoms with E-state index in [4.69, 9.17) is 9.15 Å². The maximum absolute atomic E-state index is 13.8. The zero-order valence-electron chi connectivity index (χ0n) is 19.8. The van der Waals surface area contributed by atoms with Crippen molar-refractivity contribution in [2.75, 3.05) is 11.5 Å². The van der Waals surface area contributed by atoms with Gasteiger partial charge in [0.1, 0.15) is 11.3 Å². The zero-order valence-corrected chi connectivity index (χ0v) is 19.8. The second-order valence-electron chi connectivity index (χ2n) is 8.71. The molecule has 0 bridgehead atoms. The Hall–Kier alpha value is -3.86. The zero-order chi connectivity index (χ0) is 24.0. The van der Waals surface area contributed by atoms with Gasteiger partial charge in [0.2, 0.25) is 5.76 Å². The van der Waals surface area contributed by atoms with Crippen LogP contribution in [0.15, 0.2) is 69.9 Å². The number of aryl methyl sites for hydroxylation is 3. The third-order valence-electron chi connectivity index (χ3n) is 6.62. The van der Waals surface area contributed by atoms with Crippen molar-refractivity contribution in [1.82, 2.24) is 0 Å². The van der Waals surface area contributed by atoms with Crippen molar-refractivity contribution >= 4 is 22.6 Å². The topological polar surface area (TPSA) is 59.8 Å². The Bertz CT molecular complexity index is 1450. The lowest BCUT2D eigenvalue weighted by Gasteiger charge is -2.25. The molecule has 1 aromatic heterocycles. The number of benzene rings is 3. The summed E-state index contributed by atoms with van der Waals surface area (Å²) >= 11 is 0. The van der Waals surface area contributed by atoms with Gasteiger partial charge in [-0.05, 0) is 85.8 Å². The van der Waals surface area contributed by atoms with Crippen LogP contribution in [0.1, 0.15) is 58.3 Å². The molecule has 5 rings (SSSR count). The van der Waals surface area contributed by atoms with E-state index < -0.39 is 6.04 Å². The third-order valence-corrected chi connectivity index (χ3v) is 6.62. The number of rotatable bonds is 5. The van der Waals surface area contributed by atoms with E-state index in [1.165, 1.54) is 5.56 Å². The monoisotopic (exact) mass is 453 g/mol. The van der Waals surface area contributed by atoms with Crippen molar-refractivity contribution in [3.8, 4) is 5.75 Å². The van der Waals surface area contributed by atoms with E-state index in [-0.39, 0.29) is 17.1 Å². The van der Waals surface area contributed by atoms with Crippen LogP contribution >= 0.6 is 0 Å². The highest BCUT2D eigenvalue weighted by molar-refractivity contribution is 6.10. The number of anilines is 1. The minimum atomic E-state index is -0.590. The molecule has 1 amide bonds. The molecule has 1 aliphatic heterocycles. The lowest BCUT2D eigenvalue weighted by atomic mass is 9.97. The fourth-order valence-corrected chi connectivity index (χ4v) is 4.62. The number of fused-ring (bicyclic) bond motifs is 2. The van der Waals surface area contributed by atoms with Gasteiger partial charge in [-0.2, -0.15) is 0 Å². The van der Waals surface area contributed by atoms with Crippen molar-refractivity contribution in [2.24, 2.45) is 0 Å². The summed E-state index contributed by atoms with van der Waals surface area (Å²) in [5.74, 6) is 0.542. The molecule has 34 heavy (non-hydrogen) atoms. The van der Waals surface area contributed by atoms with Gasteiger partial charge in [-0.15, -0.1) is 0 Å². The van der Waals surface area contributed by atoms with E-state index in [9.17, 15) is 9.59 Å². The van der Waals surface area contributed by atoms with Gasteiger partial charge < -0.3 is 9.15 Å². The summed E-state index contributed by atoms with van der Waals surface area (Å²) in [5, 5.41) is 0.494. The minimum Gasteiger partial charge on any atom is -0.494 e. The quantitative estimate of drug-likeness (QED) is 0.365. The molecule has 0 saturated carbocycles. The lowest BCUT2D eigenvalue weighted by Crippen LogP contribution is -2.29. The molecule has 0 radical (unpaired) electrons. The fourth-order valence-electron chi connectivity index (χ4n) is 4.62. The van der Waals surface area contributed by atoms with E-state index in [0.29, 0.717) is 23.1 Å². The number of amides is 1. The first-order chi connectivity index (χ1) is 16.4. The summed E-state index contributed by atoms with van der Waals surface area (Å²) in [5.41, 5.74) is 5.40. The van der Waals surface area contributed by atoms with Crippen LogP contribution in [-0.4, -0.2) is 12.5 Å². The Morgan fingerprint density at radius 3 is 2.24 bits per heavy atom. The first-order valence-corrected chi connectivity index (χ1v) is 11.7. The van der Waals surface area contributed by atoms with Crippen molar-refractivity contribution in [3.63, 3.8) is 0 Å². The molecule has 2 heterocycles. The Balaban J connectivity index is 1.75. The highest BCUT2D eigenvalue weighted by atomic mass is 16.5. The Morgan fingerprint density at radius 2 is 1.59 bits per heavy atom.